The Kier molecular flexibility index (Phi) is 3.15. The zero-order chi connectivity index (χ0) is 14.1. The summed E-state index contributed by atoms with van der Waals surface area (Å²) in [4.78, 5) is 12.6. The summed E-state index contributed by atoms with van der Waals surface area (Å²) in [6.07, 6.45) is 1.95. The third-order valence-corrected chi connectivity index (χ3v) is 3.64. The largest absolute Gasteiger partial charge is 0.310 e. The molecule has 2 aromatic carbocycles. The molecule has 0 atom stereocenters. The predicted molar refractivity (Wildman–Crippen MR) is 83.2 cm³/mol. The maximum absolute atomic E-state index is 12.6. The Balaban J connectivity index is 2.17. The molecular formula is C18H17NO. The van der Waals surface area contributed by atoms with Crippen molar-refractivity contribution in [3.05, 3.63) is 81.8 Å². The van der Waals surface area contributed by atoms with Crippen molar-refractivity contribution >= 4 is 10.8 Å². The lowest BCUT2D eigenvalue weighted by Gasteiger charge is -2.10. The number of aryl methyl sites for hydroxylation is 2. The van der Waals surface area contributed by atoms with E-state index >= 15 is 0 Å². The van der Waals surface area contributed by atoms with Crippen LogP contribution in [-0.2, 0) is 6.54 Å². The van der Waals surface area contributed by atoms with Crippen LogP contribution in [0.25, 0.3) is 10.8 Å². The Morgan fingerprint density at radius 2 is 1.70 bits per heavy atom. The van der Waals surface area contributed by atoms with E-state index in [0.717, 1.165) is 27.5 Å². The lowest BCUT2D eigenvalue weighted by atomic mass is 10.1. The first-order valence-corrected chi connectivity index (χ1v) is 6.79. The van der Waals surface area contributed by atoms with E-state index < -0.39 is 0 Å². The number of aromatic nitrogens is 1. The van der Waals surface area contributed by atoms with Crippen molar-refractivity contribution in [1.82, 2.24) is 4.57 Å². The van der Waals surface area contributed by atoms with E-state index in [9.17, 15) is 4.79 Å². The van der Waals surface area contributed by atoms with Gasteiger partial charge in [-0.2, -0.15) is 0 Å². The summed E-state index contributed by atoms with van der Waals surface area (Å²) in [5.74, 6) is 0. The molecule has 0 amide bonds. The number of fused-ring (bicyclic) bond motifs is 1. The zero-order valence-corrected chi connectivity index (χ0v) is 11.8. The fourth-order valence-electron chi connectivity index (χ4n) is 2.59. The Morgan fingerprint density at radius 3 is 2.45 bits per heavy atom. The minimum Gasteiger partial charge on any atom is -0.310 e. The van der Waals surface area contributed by atoms with E-state index in [1.54, 1.807) is 4.57 Å². The highest BCUT2D eigenvalue weighted by molar-refractivity contribution is 5.85. The summed E-state index contributed by atoms with van der Waals surface area (Å²) in [5.41, 5.74) is 3.47. The standard InChI is InChI=1S/C18H17NO/c1-13-8-9-16-14(2)11-19(18(20)17(16)10-13)12-15-6-4-3-5-7-15/h3-11H,12H2,1-2H3. The molecule has 0 saturated carbocycles. The first-order chi connectivity index (χ1) is 9.65. The number of nitrogens with zero attached hydrogens (tertiary/aromatic N) is 1. The summed E-state index contributed by atoms with van der Waals surface area (Å²) in [5, 5.41) is 1.85. The van der Waals surface area contributed by atoms with Gasteiger partial charge in [0.05, 0.1) is 6.54 Å². The van der Waals surface area contributed by atoms with Gasteiger partial charge in [-0.15, -0.1) is 0 Å². The molecule has 1 heterocycles. The second kappa shape index (κ2) is 4.97. The summed E-state index contributed by atoms with van der Waals surface area (Å²) in [6.45, 7) is 4.69. The van der Waals surface area contributed by atoms with Crippen molar-refractivity contribution in [2.45, 2.75) is 20.4 Å². The van der Waals surface area contributed by atoms with Gasteiger partial charge in [0.1, 0.15) is 0 Å². The molecule has 0 bridgehead atoms. The van der Waals surface area contributed by atoms with Gasteiger partial charge in [-0.1, -0.05) is 48.0 Å². The molecule has 0 N–H and O–H groups in total. The van der Waals surface area contributed by atoms with Crippen LogP contribution in [0.3, 0.4) is 0 Å². The highest BCUT2D eigenvalue weighted by Gasteiger charge is 2.06. The van der Waals surface area contributed by atoms with Crippen molar-refractivity contribution in [2.24, 2.45) is 0 Å². The molecule has 0 aliphatic heterocycles. The predicted octanol–water partition coefficient (Wildman–Crippen LogP) is 3.67. The van der Waals surface area contributed by atoms with Crippen LogP contribution < -0.4 is 5.56 Å². The summed E-state index contributed by atoms with van der Waals surface area (Å²) in [7, 11) is 0. The first kappa shape index (κ1) is 12.7. The van der Waals surface area contributed by atoms with Crippen LogP contribution in [0, 0.1) is 13.8 Å². The zero-order valence-electron chi connectivity index (χ0n) is 11.8. The molecule has 0 radical (unpaired) electrons. The number of hydrogen-bond donors (Lipinski definition) is 0. The molecule has 3 aromatic rings. The summed E-state index contributed by atoms with van der Waals surface area (Å²) < 4.78 is 1.80. The molecule has 2 heteroatoms. The number of benzene rings is 2. The molecule has 1 aromatic heterocycles. The first-order valence-electron chi connectivity index (χ1n) is 6.79. The topological polar surface area (TPSA) is 22.0 Å². The Hall–Kier alpha value is -2.35. The molecule has 0 fully saturated rings. The summed E-state index contributed by atoms with van der Waals surface area (Å²) >= 11 is 0. The van der Waals surface area contributed by atoms with Crippen LogP contribution in [0.5, 0.6) is 0 Å². The third kappa shape index (κ3) is 2.25. The van der Waals surface area contributed by atoms with Gasteiger partial charge in [0, 0.05) is 11.6 Å². The summed E-state index contributed by atoms with van der Waals surface area (Å²) in [6, 6.07) is 16.1. The highest BCUT2D eigenvalue weighted by atomic mass is 16.1. The van der Waals surface area contributed by atoms with Crippen LogP contribution in [0.2, 0.25) is 0 Å². The van der Waals surface area contributed by atoms with Gasteiger partial charge in [0.15, 0.2) is 0 Å². The lowest BCUT2D eigenvalue weighted by Crippen LogP contribution is -2.21. The monoisotopic (exact) mass is 263 g/mol. The van der Waals surface area contributed by atoms with E-state index in [-0.39, 0.29) is 5.56 Å². The maximum atomic E-state index is 12.6. The molecule has 0 aliphatic rings. The molecule has 100 valence electrons. The fourth-order valence-corrected chi connectivity index (χ4v) is 2.59. The van der Waals surface area contributed by atoms with Crippen molar-refractivity contribution in [3.8, 4) is 0 Å². The number of rotatable bonds is 2. The SMILES string of the molecule is Cc1ccc2c(C)cn(Cc3ccccc3)c(=O)c2c1. The van der Waals surface area contributed by atoms with Gasteiger partial charge in [-0.05, 0) is 36.4 Å². The van der Waals surface area contributed by atoms with Gasteiger partial charge in [-0.25, -0.2) is 0 Å². The van der Waals surface area contributed by atoms with Crippen molar-refractivity contribution < 1.29 is 0 Å². The van der Waals surface area contributed by atoms with Crippen molar-refractivity contribution in [2.75, 3.05) is 0 Å². The minimum absolute atomic E-state index is 0.0816. The smallest absolute Gasteiger partial charge is 0.258 e. The van der Waals surface area contributed by atoms with Crippen LogP contribution in [0.4, 0.5) is 0 Å². The molecule has 20 heavy (non-hydrogen) atoms. The van der Waals surface area contributed by atoms with Gasteiger partial charge in [0.2, 0.25) is 0 Å². The number of hydrogen-bond acceptors (Lipinski definition) is 1. The van der Waals surface area contributed by atoms with Crippen LogP contribution in [0.1, 0.15) is 16.7 Å². The van der Waals surface area contributed by atoms with E-state index in [2.05, 4.69) is 13.0 Å². The van der Waals surface area contributed by atoms with E-state index in [4.69, 9.17) is 0 Å². The third-order valence-electron chi connectivity index (χ3n) is 3.64. The van der Waals surface area contributed by atoms with E-state index in [1.165, 1.54) is 0 Å². The molecule has 3 rings (SSSR count). The van der Waals surface area contributed by atoms with Crippen LogP contribution in [0.15, 0.2) is 59.5 Å². The second-order valence-corrected chi connectivity index (χ2v) is 5.28. The quantitative estimate of drug-likeness (QED) is 0.691. The molecule has 0 saturated heterocycles. The van der Waals surface area contributed by atoms with Crippen LogP contribution >= 0.6 is 0 Å². The Morgan fingerprint density at radius 1 is 0.950 bits per heavy atom. The van der Waals surface area contributed by atoms with E-state index in [1.807, 2.05) is 55.6 Å². The normalized spacial score (nSPS) is 10.9. The average molecular weight is 263 g/mol. The molecule has 0 aliphatic carbocycles. The van der Waals surface area contributed by atoms with Gasteiger partial charge in [-0.3, -0.25) is 4.79 Å². The fraction of sp³-hybridized carbons (Fsp3) is 0.167. The molecule has 0 unspecified atom stereocenters. The highest BCUT2D eigenvalue weighted by Crippen LogP contribution is 2.16. The maximum Gasteiger partial charge on any atom is 0.258 e. The second-order valence-electron chi connectivity index (χ2n) is 5.28. The van der Waals surface area contributed by atoms with Gasteiger partial charge < -0.3 is 4.57 Å². The van der Waals surface area contributed by atoms with Gasteiger partial charge >= 0.3 is 0 Å². The molecular weight excluding hydrogens is 246 g/mol. The molecule has 2 nitrogen and oxygen atoms in total. The lowest BCUT2D eigenvalue weighted by molar-refractivity contribution is 0.764. The Labute approximate surface area is 118 Å². The number of pyridine rings is 1. The van der Waals surface area contributed by atoms with Gasteiger partial charge in [0.25, 0.3) is 5.56 Å². The minimum atomic E-state index is 0.0816. The molecule has 0 spiro atoms. The van der Waals surface area contributed by atoms with E-state index in [0.29, 0.717) is 6.54 Å². The van der Waals surface area contributed by atoms with Crippen molar-refractivity contribution in [1.29, 1.82) is 0 Å². The van der Waals surface area contributed by atoms with Crippen LogP contribution in [-0.4, -0.2) is 4.57 Å². The van der Waals surface area contributed by atoms with Crippen molar-refractivity contribution in [3.63, 3.8) is 0 Å². The average Bonchev–Trinajstić information content (AvgIpc) is 2.45. The Bertz CT molecular complexity index is 816.